The van der Waals surface area contributed by atoms with Gasteiger partial charge in [-0.1, -0.05) is 158 Å². The van der Waals surface area contributed by atoms with E-state index in [-0.39, 0.29) is 0 Å². The molecule has 0 N–H and O–H groups in total. The van der Waals surface area contributed by atoms with Crippen LogP contribution in [-0.2, 0) is 0 Å². The summed E-state index contributed by atoms with van der Waals surface area (Å²) in [5.41, 5.74) is 13.5. The molecule has 0 bridgehead atoms. The van der Waals surface area contributed by atoms with Gasteiger partial charge in [0.1, 0.15) is 11.4 Å². The summed E-state index contributed by atoms with van der Waals surface area (Å²) in [7, 11) is 0. The Morgan fingerprint density at radius 1 is 0.250 bits per heavy atom. The minimum atomic E-state index is 0.726. The Bertz CT molecular complexity index is 4120. The van der Waals surface area contributed by atoms with Gasteiger partial charge in [0, 0.05) is 43.1 Å². The average Bonchev–Trinajstić information content (AvgIpc) is 4.13. The third kappa shape index (κ3) is 5.04. The fraction of sp³-hybridized carbons (Fsp3) is 0. The van der Waals surface area contributed by atoms with Crippen LogP contribution in [0.5, 0.6) is 0 Å². The predicted octanol–water partition coefficient (Wildman–Crippen LogP) is 15.1. The van der Waals surface area contributed by atoms with E-state index in [0.29, 0.717) is 0 Å². The van der Waals surface area contributed by atoms with Crippen LogP contribution in [-0.4, -0.2) is 33.2 Å². The molecular weight excluding hydrogens is 831 g/mol. The van der Waals surface area contributed by atoms with Gasteiger partial charge >= 0.3 is 0 Å². The fourth-order valence-electron chi connectivity index (χ4n) is 11.2. The van der Waals surface area contributed by atoms with Gasteiger partial charge in [-0.2, -0.15) is 0 Å². The maximum atomic E-state index is 6.28. The van der Waals surface area contributed by atoms with Crippen molar-refractivity contribution in [3.05, 3.63) is 225 Å². The third-order valence-electron chi connectivity index (χ3n) is 14.0. The molecule has 0 aliphatic carbocycles. The highest BCUT2D eigenvalue weighted by molar-refractivity contribution is 6.15. The maximum Gasteiger partial charge on any atom is 0.165 e. The van der Waals surface area contributed by atoms with Crippen LogP contribution in [0.25, 0.3) is 133 Å². The Morgan fingerprint density at radius 3 is 0.838 bits per heavy atom. The van der Waals surface area contributed by atoms with Gasteiger partial charge in [-0.3, -0.25) is 14.1 Å². The molecule has 0 aliphatic heterocycles. The van der Waals surface area contributed by atoms with Crippen molar-refractivity contribution in [2.24, 2.45) is 0 Å². The molecule has 6 aromatic heterocycles. The molecule has 9 aromatic carbocycles. The molecule has 316 valence electrons. The van der Waals surface area contributed by atoms with Gasteiger partial charge in [0.05, 0.1) is 72.6 Å². The molecule has 6 heterocycles. The van der Waals surface area contributed by atoms with Crippen molar-refractivity contribution >= 4 is 98.3 Å². The number of hydrogen-bond donors (Lipinski definition) is 0. The van der Waals surface area contributed by atoms with Gasteiger partial charge in [-0.25, -0.2) is 9.97 Å². The minimum Gasteiger partial charge on any atom is -0.305 e. The number of aromatic nitrogens is 7. The zero-order valence-electron chi connectivity index (χ0n) is 36.5. The minimum absolute atomic E-state index is 0.726. The second kappa shape index (κ2) is 14.1. The van der Waals surface area contributed by atoms with E-state index in [1.807, 2.05) is 24.4 Å². The van der Waals surface area contributed by atoms with E-state index in [1.165, 1.54) is 0 Å². The molecule has 0 aliphatic rings. The lowest BCUT2D eigenvalue weighted by atomic mass is 10.1. The summed E-state index contributed by atoms with van der Waals surface area (Å²) in [5, 5.41) is 9.19. The van der Waals surface area contributed by atoms with E-state index in [4.69, 9.17) is 15.0 Å². The zero-order valence-corrected chi connectivity index (χ0v) is 36.5. The molecule has 0 amide bonds. The first-order valence-electron chi connectivity index (χ1n) is 23.0. The maximum absolute atomic E-state index is 6.28. The SMILES string of the molecule is c1ccc2nc(-c3c(-n4c5ccccc5c5ccccc54)c(-n4c5ccccc5c5ccccc54)nc(-n4c5ccccc5c5ccccc54)c3-n3c4ccccc4c4ccccc43)cnc2c1. The number of fused-ring (bicyclic) bond motifs is 13. The first-order chi connectivity index (χ1) is 33.8. The van der Waals surface area contributed by atoms with Gasteiger partial charge in [0.25, 0.3) is 0 Å². The van der Waals surface area contributed by atoms with Crippen molar-refractivity contribution in [2.45, 2.75) is 0 Å². The van der Waals surface area contributed by atoms with Crippen LogP contribution in [0.3, 0.4) is 0 Å². The quantitative estimate of drug-likeness (QED) is 0.173. The Hall–Kier alpha value is -9.33. The molecule has 0 saturated carbocycles. The van der Waals surface area contributed by atoms with E-state index in [9.17, 15) is 0 Å². The van der Waals surface area contributed by atoms with Crippen molar-refractivity contribution in [1.82, 2.24) is 33.2 Å². The lowest BCUT2D eigenvalue weighted by molar-refractivity contribution is 0.959. The molecule has 7 nitrogen and oxygen atoms in total. The normalized spacial score (nSPS) is 12.1. The van der Waals surface area contributed by atoms with Crippen LogP contribution in [0.2, 0.25) is 0 Å². The number of benzene rings is 9. The van der Waals surface area contributed by atoms with Crippen LogP contribution in [0.15, 0.2) is 225 Å². The number of nitrogens with zero attached hydrogens (tertiary/aromatic N) is 7. The standard InChI is InChI=1S/C61H37N7/c1-11-29-49-38(19-1)39-20-2-12-30-50(39)65(49)58-57(48-37-62-46-27-9-10-28-47(46)63-48)59(66-51-31-13-3-21-40(51)41-22-4-14-32-52(41)66)61(68-55-35-17-7-25-44(55)45-26-8-18-36-56(45)68)64-60(58)67-53-33-15-5-23-42(53)43-24-6-16-34-54(43)67/h1-37H. The average molecular weight is 868 g/mol. The monoisotopic (exact) mass is 867 g/mol. The van der Waals surface area contributed by atoms with Gasteiger partial charge in [-0.15, -0.1) is 0 Å². The molecule has 0 radical (unpaired) electrons. The van der Waals surface area contributed by atoms with Gasteiger partial charge < -0.3 is 9.13 Å². The molecule has 15 aromatic rings. The second-order valence-electron chi connectivity index (χ2n) is 17.6. The summed E-state index contributed by atoms with van der Waals surface area (Å²) >= 11 is 0. The molecule has 15 rings (SSSR count). The fourth-order valence-corrected chi connectivity index (χ4v) is 11.2. The molecule has 68 heavy (non-hydrogen) atoms. The summed E-state index contributed by atoms with van der Waals surface area (Å²) in [5.74, 6) is 1.53. The predicted molar refractivity (Wildman–Crippen MR) is 280 cm³/mol. The largest absolute Gasteiger partial charge is 0.305 e. The Balaban J connectivity index is 1.29. The van der Waals surface area contributed by atoms with Crippen molar-refractivity contribution in [1.29, 1.82) is 0 Å². The first kappa shape index (κ1) is 36.9. The molecule has 0 saturated heterocycles. The van der Waals surface area contributed by atoms with Gasteiger partial charge in [0.15, 0.2) is 11.6 Å². The summed E-state index contributed by atoms with van der Waals surface area (Å²) in [6, 6.07) is 78.0. The van der Waals surface area contributed by atoms with Crippen LogP contribution >= 0.6 is 0 Å². The highest BCUT2D eigenvalue weighted by Crippen LogP contribution is 2.48. The molecule has 0 fully saturated rings. The topological polar surface area (TPSA) is 58.4 Å². The number of rotatable bonds is 5. The molecule has 7 heteroatoms. The van der Waals surface area contributed by atoms with Crippen LogP contribution in [0.1, 0.15) is 0 Å². The van der Waals surface area contributed by atoms with E-state index >= 15 is 0 Å². The zero-order chi connectivity index (χ0) is 44.5. The van der Waals surface area contributed by atoms with Crippen molar-refractivity contribution < 1.29 is 0 Å². The molecule has 0 atom stereocenters. The van der Waals surface area contributed by atoms with E-state index < -0.39 is 0 Å². The summed E-state index contributed by atoms with van der Waals surface area (Å²) in [6.45, 7) is 0. The van der Waals surface area contributed by atoms with Crippen molar-refractivity contribution in [3.63, 3.8) is 0 Å². The molecular formula is C61H37N7. The van der Waals surface area contributed by atoms with Gasteiger partial charge in [-0.05, 0) is 60.7 Å². The van der Waals surface area contributed by atoms with Gasteiger partial charge in [0.2, 0.25) is 0 Å². The number of pyridine rings is 1. The summed E-state index contributed by atoms with van der Waals surface area (Å²) in [6.07, 6.45) is 1.97. The highest BCUT2D eigenvalue weighted by Gasteiger charge is 2.33. The Labute approximate surface area is 388 Å². The second-order valence-corrected chi connectivity index (χ2v) is 17.6. The van der Waals surface area contributed by atoms with Crippen molar-refractivity contribution in [3.8, 4) is 34.3 Å². The first-order valence-corrected chi connectivity index (χ1v) is 23.0. The number of para-hydroxylation sites is 10. The van der Waals surface area contributed by atoms with Crippen LogP contribution in [0, 0.1) is 0 Å². The van der Waals surface area contributed by atoms with E-state index in [1.54, 1.807) is 0 Å². The van der Waals surface area contributed by atoms with Crippen molar-refractivity contribution in [2.75, 3.05) is 0 Å². The lowest BCUT2D eigenvalue weighted by Gasteiger charge is -2.26. The highest BCUT2D eigenvalue weighted by atomic mass is 15.2. The Kier molecular flexibility index (Phi) is 7.65. The smallest absolute Gasteiger partial charge is 0.165 e. The van der Waals surface area contributed by atoms with E-state index in [0.717, 1.165) is 133 Å². The molecule has 0 spiro atoms. The molecule has 0 unspecified atom stereocenters. The Morgan fingerprint density at radius 2 is 0.515 bits per heavy atom. The summed E-state index contributed by atoms with van der Waals surface area (Å²) < 4.78 is 9.65. The van der Waals surface area contributed by atoms with Crippen LogP contribution in [0.4, 0.5) is 0 Å². The summed E-state index contributed by atoms with van der Waals surface area (Å²) in [4.78, 5) is 17.2. The third-order valence-corrected chi connectivity index (χ3v) is 14.0. The van der Waals surface area contributed by atoms with Crippen LogP contribution < -0.4 is 0 Å². The number of hydrogen-bond acceptors (Lipinski definition) is 3. The van der Waals surface area contributed by atoms with E-state index in [2.05, 4.69) is 218 Å². The lowest BCUT2D eigenvalue weighted by Crippen LogP contribution is -2.16.